The molecule has 0 aliphatic carbocycles. The smallest absolute Gasteiger partial charge is 0.158 e. The van der Waals surface area contributed by atoms with Gasteiger partial charge in [-0.15, -0.1) is 11.8 Å². The summed E-state index contributed by atoms with van der Waals surface area (Å²) < 4.78 is 0. The van der Waals surface area contributed by atoms with Crippen molar-refractivity contribution in [1.82, 2.24) is 0 Å². The molecule has 0 bridgehead atoms. The molecule has 3 heteroatoms. The highest BCUT2D eigenvalue weighted by Crippen LogP contribution is 2.49. The van der Waals surface area contributed by atoms with Crippen molar-refractivity contribution in [2.75, 3.05) is 0 Å². The Hall–Kier alpha value is -0.830. The number of aromatic hydroxyl groups is 2. The van der Waals surface area contributed by atoms with Crippen LogP contribution in [0.1, 0.15) is 52.0 Å². The quantitative estimate of drug-likeness (QED) is 0.795. The molecule has 0 radical (unpaired) electrons. The van der Waals surface area contributed by atoms with E-state index in [2.05, 4.69) is 20.8 Å². The minimum Gasteiger partial charge on any atom is -0.504 e. The number of hydrogen-bond acceptors (Lipinski definition) is 3. The molecule has 2 N–H and O–H groups in total. The molecule has 0 fully saturated rings. The fourth-order valence-corrected chi connectivity index (χ4v) is 4.46. The Morgan fingerprint density at radius 1 is 1.28 bits per heavy atom. The summed E-state index contributed by atoms with van der Waals surface area (Å²) in [5, 5.41) is 19.9. The summed E-state index contributed by atoms with van der Waals surface area (Å²) in [4.78, 5) is 1.13. The Kier molecular flexibility index (Phi) is 3.81. The van der Waals surface area contributed by atoms with Crippen molar-refractivity contribution >= 4 is 11.8 Å². The van der Waals surface area contributed by atoms with Gasteiger partial charge in [-0.1, -0.05) is 33.6 Å². The maximum atomic E-state index is 9.66. The topological polar surface area (TPSA) is 40.5 Å². The van der Waals surface area contributed by atoms with E-state index >= 15 is 0 Å². The van der Waals surface area contributed by atoms with E-state index in [4.69, 9.17) is 0 Å². The van der Waals surface area contributed by atoms with Crippen LogP contribution < -0.4 is 0 Å². The monoisotopic (exact) mass is 266 g/mol. The number of rotatable bonds is 3. The van der Waals surface area contributed by atoms with E-state index in [0.717, 1.165) is 16.9 Å². The second kappa shape index (κ2) is 5.04. The molecule has 1 aliphatic rings. The molecule has 18 heavy (non-hydrogen) atoms. The van der Waals surface area contributed by atoms with Crippen LogP contribution in [0.5, 0.6) is 11.5 Å². The molecule has 1 aromatic carbocycles. The molecule has 1 atom stereocenters. The van der Waals surface area contributed by atoms with Gasteiger partial charge in [0.15, 0.2) is 11.5 Å². The lowest BCUT2D eigenvalue weighted by Crippen LogP contribution is -2.28. The average molecular weight is 266 g/mol. The molecule has 0 spiro atoms. The van der Waals surface area contributed by atoms with Gasteiger partial charge in [-0.2, -0.15) is 0 Å². The Morgan fingerprint density at radius 2 is 1.94 bits per heavy atom. The standard InChI is InChI=1S/C15H22O2S/c1-4-5-6-10-9-15(2,3)11-7-12(16)13(17)8-14(11)18-10/h7-8,10,16-17H,4-6,9H2,1-3H3. The molecule has 1 unspecified atom stereocenters. The van der Waals surface area contributed by atoms with Crippen LogP contribution in [0, 0.1) is 0 Å². The maximum Gasteiger partial charge on any atom is 0.158 e. The highest BCUT2D eigenvalue weighted by atomic mass is 32.2. The first-order valence-corrected chi connectivity index (χ1v) is 7.55. The minimum atomic E-state index is -0.00630. The largest absolute Gasteiger partial charge is 0.504 e. The van der Waals surface area contributed by atoms with Crippen LogP contribution >= 0.6 is 11.8 Å². The third-order valence-electron chi connectivity index (χ3n) is 3.72. The predicted octanol–water partition coefficient (Wildman–Crippen LogP) is 4.43. The van der Waals surface area contributed by atoms with Crippen LogP contribution in [0.15, 0.2) is 17.0 Å². The van der Waals surface area contributed by atoms with Gasteiger partial charge < -0.3 is 10.2 Å². The van der Waals surface area contributed by atoms with E-state index in [1.54, 1.807) is 12.1 Å². The van der Waals surface area contributed by atoms with Crippen LogP contribution in [0.4, 0.5) is 0 Å². The molecule has 0 saturated heterocycles. The number of unbranched alkanes of at least 4 members (excludes halogenated alkanes) is 1. The number of fused-ring (bicyclic) bond motifs is 1. The van der Waals surface area contributed by atoms with Crippen molar-refractivity contribution in [3.05, 3.63) is 17.7 Å². The Morgan fingerprint density at radius 3 is 2.61 bits per heavy atom. The molecule has 2 nitrogen and oxygen atoms in total. The van der Waals surface area contributed by atoms with E-state index < -0.39 is 0 Å². The zero-order valence-corrected chi connectivity index (χ0v) is 12.2. The molecular weight excluding hydrogens is 244 g/mol. The Balaban J connectivity index is 2.31. The van der Waals surface area contributed by atoms with Crippen molar-refractivity contribution in [3.63, 3.8) is 0 Å². The van der Waals surface area contributed by atoms with Gasteiger partial charge in [0.05, 0.1) is 0 Å². The first-order chi connectivity index (χ1) is 8.44. The van der Waals surface area contributed by atoms with Crippen molar-refractivity contribution in [2.24, 2.45) is 0 Å². The highest BCUT2D eigenvalue weighted by molar-refractivity contribution is 8.00. The van der Waals surface area contributed by atoms with Crippen LogP contribution in [-0.2, 0) is 5.41 Å². The third kappa shape index (κ3) is 2.61. The molecule has 1 heterocycles. The van der Waals surface area contributed by atoms with E-state index in [9.17, 15) is 10.2 Å². The number of phenols is 2. The second-order valence-corrected chi connectivity index (χ2v) is 7.15. The van der Waals surface area contributed by atoms with Gasteiger partial charge in [0.2, 0.25) is 0 Å². The minimum absolute atomic E-state index is 0.00515. The summed E-state index contributed by atoms with van der Waals surface area (Å²) in [5.74, 6) is -0.0115. The van der Waals surface area contributed by atoms with E-state index in [-0.39, 0.29) is 16.9 Å². The van der Waals surface area contributed by atoms with Crippen LogP contribution in [0.3, 0.4) is 0 Å². The summed E-state index contributed by atoms with van der Waals surface area (Å²) >= 11 is 1.85. The van der Waals surface area contributed by atoms with Gasteiger partial charge in [0, 0.05) is 10.1 Å². The zero-order chi connectivity index (χ0) is 13.3. The molecule has 2 rings (SSSR count). The van der Waals surface area contributed by atoms with E-state index in [1.807, 2.05) is 11.8 Å². The summed E-state index contributed by atoms with van der Waals surface area (Å²) in [5.41, 5.74) is 1.24. The molecule has 0 aromatic heterocycles. The maximum absolute atomic E-state index is 9.66. The van der Waals surface area contributed by atoms with Crippen LogP contribution in [0.2, 0.25) is 0 Å². The van der Waals surface area contributed by atoms with Crippen molar-refractivity contribution in [1.29, 1.82) is 0 Å². The van der Waals surface area contributed by atoms with Crippen molar-refractivity contribution < 1.29 is 10.2 Å². The lowest BCUT2D eigenvalue weighted by Gasteiger charge is -2.37. The molecule has 1 aliphatic heterocycles. The van der Waals surface area contributed by atoms with Gasteiger partial charge in [0.25, 0.3) is 0 Å². The lowest BCUT2D eigenvalue weighted by atomic mass is 9.79. The Labute approximate surface area is 113 Å². The average Bonchev–Trinajstić information content (AvgIpc) is 2.28. The van der Waals surface area contributed by atoms with Gasteiger partial charge in [0.1, 0.15) is 0 Å². The van der Waals surface area contributed by atoms with Gasteiger partial charge >= 0.3 is 0 Å². The lowest BCUT2D eigenvalue weighted by molar-refractivity contribution is 0.392. The molecule has 1 aromatic rings. The molecule has 100 valence electrons. The van der Waals surface area contributed by atoms with Crippen LogP contribution in [0.25, 0.3) is 0 Å². The predicted molar refractivity (Wildman–Crippen MR) is 76.6 cm³/mol. The van der Waals surface area contributed by atoms with Gasteiger partial charge in [-0.25, -0.2) is 0 Å². The van der Waals surface area contributed by atoms with E-state index in [0.29, 0.717) is 5.25 Å². The summed E-state index contributed by atoms with van der Waals surface area (Å²) in [6.45, 7) is 6.67. The molecule has 0 saturated carbocycles. The molecule has 0 amide bonds. The highest BCUT2D eigenvalue weighted by Gasteiger charge is 2.34. The molecular formula is C15H22O2S. The van der Waals surface area contributed by atoms with Gasteiger partial charge in [-0.3, -0.25) is 0 Å². The number of benzene rings is 1. The first kappa shape index (κ1) is 13.6. The first-order valence-electron chi connectivity index (χ1n) is 6.67. The second-order valence-electron chi connectivity index (χ2n) is 5.81. The zero-order valence-electron chi connectivity index (χ0n) is 11.4. The summed E-state index contributed by atoms with van der Waals surface area (Å²) in [7, 11) is 0. The third-order valence-corrected chi connectivity index (χ3v) is 5.04. The SMILES string of the molecule is CCCCC1CC(C)(C)c2cc(O)c(O)cc2S1. The number of thioether (sulfide) groups is 1. The van der Waals surface area contributed by atoms with Gasteiger partial charge in [-0.05, 0) is 36.0 Å². The summed E-state index contributed by atoms with van der Waals surface area (Å²) in [6.07, 6.45) is 4.85. The fraction of sp³-hybridized carbons (Fsp3) is 0.600. The summed E-state index contributed by atoms with van der Waals surface area (Å²) in [6, 6.07) is 3.45. The van der Waals surface area contributed by atoms with Crippen LogP contribution in [-0.4, -0.2) is 15.5 Å². The Bertz CT molecular complexity index is 440. The fourth-order valence-electron chi connectivity index (χ4n) is 2.68. The normalized spacial score (nSPS) is 21.6. The number of phenolic OH excluding ortho intramolecular Hbond substituents is 2. The van der Waals surface area contributed by atoms with Crippen molar-refractivity contribution in [2.45, 2.75) is 62.0 Å². The van der Waals surface area contributed by atoms with Crippen molar-refractivity contribution in [3.8, 4) is 11.5 Å². The van der Waals surface area contributed by atoms with E-state index in [1.165, 1.54) is 19.3 Å². The number of hydrogen-bond donors (Lipinski definition) is 2.